The molecule has 1 aromatic heterocycles. The highest BCUT2D eigenvalue weighted by atomic mass is 32.1. The molecule has 110 valence electrons. The Hall–Kier alpha value is -1.81. The van der Waals surface area contributed by atoms with Gasteiger partial charge >= 0.3 is 0 Å². The highest BCUT2D eigenvalue weighted by Crippen LogP contribution is 2.37. The van der Waals surface area contributed by atoms with Crippen LogP contribution in [0.5, 0.6) is 0 Å². The number of aryl methyl sites for hydroxylation is 1. The van der Waals surface area contributed by atoms with E-state index in [0.29, 0.717) is 0 Å². The molecular formula is C17H20N2OS. The number of fused-ring (bicyclic) bond motifs is 1. The van der Waals surface area contributed by atoms with Crippen LogP contribution in [0.25, 0.3) is 0 Å². The Bertz CT molecular complexity index is 664. The molecule has 1 aliphatic rings. The van der Waals surface area contributed by atoms with E-state index in [9.17, 15) is 4.79 Å². The number of rotatable bonds is 3. The topological polar surface area (TPSA) is 32.3 Å². The number of anilines is 1. The molecule has 0 saturated heterocycles. The molecule has 21 heavy (non-hydrogen) atoms. The van der Waals surface area contributed by atoms with E-state index in [0.717, 1.165) is 17.7 Å². The maximum atomic E-state index is 12.9. The lowest BCUT2D eigenvalue weighted by atomic mass is 10.0. The first-order valence-corrected chi connectivity index (χ1v) is 8.23. The predicted molar refractivity (Wildman–Crippen MR) is 87.8 cm³/mol. The van der Waals surface area contributed by atoms with Gasteiger partial charge in [-0.15, -0.1) is 11.3 Å². The molecule has 1 aromatic carbocycles. The van der Waals surface area contributed by atoms with Gasteiger partial charge in [0.1, 0.15) is 6.17 Å². The number of nitrogens with one attached hydrogen (secondary N) is 1. The SMILES string of the molecule is CC[C@H](C)N1C(=O)c2ccccc2N[C@H]1c1sccc1C. The normalized spacial score (nSPS) is 19.1. The van der Waals surface area contributed by atoms with Crippen LogP contribution in [0.4, 0.5) is 5.69 Å². The standard InChI is InChI=1S/C17H20N2OS/c1-4-12(3)19-16(15-11(2)9-10-21-15)18-14-8-6-5-7-13(14)17(19)20/h5-10,12,16,18H,4H2,1-3H3/t12-,16+/m0/s1. The van der Waals surface area contributed by atoms with Crippen molar-refractivity contribution in [2.45, 2.75) is 39.4 Å². The Morgan fingerprint density at radius 2 is 2.10 bits per heavy atom. The molecule has 0 radical (unpaired) electrons. The first kappa shape index (κ1) is 14.1. The lowest BCUT2D eigenvalue weighted by Crippen LogP contribution is -2.47. The monoisotopic (exact) mass is 300 g/mol. The minimum absolute atomic E-state index is 0.0673. The first-order valence-electron chi connectivity index (χ1n) is 7.35. The molecule has 4 heteroatoms. The Kier molecular flexibility index (Phi) is 3.72. The molecule has 1 N–H and O–H groups in total. The molecule has 3 nitrogen and oxygen atoms in total. The fourth-order valence-electron chi connectivity index (χ4n) is 2.78. The average Bonchev–Trinajstić information content (AvgIpc) is 2.92. The minimum Gasteiger partial charge on any atom is -0.360 e. The van der Waals surface area contributed by atoms with Gasteiger partial charge in [0, 0.05) is 11.7 Å². The van der Waals surface area contributed by atoms with E-state index in [1.165, 1.54) is 10.4 Å². The zero-order chi connectivity index (χ0) is 15.0. The van der Waals surface area contributed by atoms with Crippen molar-refractivity contribution in [1.82, 2.24) is 4.90 Å². The summed E-state index contributed by atoms with van der Waals surface area (Å²) in [6.07, 6.45) is 0.874. The quantitative estimate of drug-likeness (QED) is 0.910. The van der Waals surface area contributed by atoms with E-state index in [1.807, 2.05) is 29.2 Å². The maximum absolute atomic E-state index is 12.9. The van der Waals surface area contributed by atoms with Gasteiger partial charge in [-0.3, -0.25) is 4.79 Å². The molecule has 0 fully saturated rings. The zero-order valence-corrected chi connectivity index (χ0v) is 13.4. The molecule has 0 aliphatic carbocycles. The van der Waals surface area contributed by atoms with Gasteiger partial charge < -0.3 is 10.2 Å². The second-order valence-corrected chi connectivity index (χ2v) is 6.48. The molecule has 2 aromatic rings. The number of para-hydroxylation sites is 1. The van der Waals surface area contributed by atoms with Crippen molar-refractivity contribution in [1.29, 1.82) is 0 Å². The Morgan fingerprint density at radius 1 is 1.33 bits per heavy atom. The Morgan fingerprint density at radius 3 is 2.76 bits per heavy atom. The summed E-state index contributed by atoms with van der Waals surface area (Å²) in [5, 5.41) is 5.64. The summed E-state index contributed by atoms with van der Waals surface area (Å²) in [7, 11) is 0. The van der Waals surface area contributed by atoms with E-state index in [1.54, 1.807) is 11.3 Å². The van der Waals surface area contributed by atoms with E-state index in [4.69, 9.17) is 0 Å². The van der Waals surface area contributed by atoms with Crippen LogP contribution in [0.1, 0.15) is 47.2 Å². The number of hydrogen-bond donors (Lipinski definition) is 1. The smallest absolute Gasteiger partial charge is 0.258 e. The van der Waals surface area contributed by atoms with Crippen LogP contribution in [-0.2, 0) is 0 Å². The van der Waals surface area contributed by atoms with Crippen molar-refractivity contribution >= 4 is 22.9 Å². The summed E-state index contributed by atoms with van der Waals surface area (Å²) in [4.78, 5) is 16.1. The third-order valence-corrected chi connectivity index (χ3v) is 5.25. The van der Waals surface area contributed by atoms with Crippen molar-refractivity contribution in [2.24, 2.45) is 0 Å². The summed E-state index contributed by atoms with van der Waals surface area (Å²) in [5.41, 5.74) is 2.93. The second-order valence-electron chi connectivity index (χ2n) is 5.53. The Labute approximate surface area is 129 Å². The van der Waals surface area contributed by atoms with Crippen LogP contribution in [-0.4, -0.2) is 16.8 Å². The van der Waals surface area contributed by atoms with Gasteiger partial charge in [-0.1, -0.05) is 19.1 Å². The lowest BCUT2D eigenvalue weighted by molar-refractivity contribution is 0.0597. The highest BCUT2D eigenvalue weighted by molar-refractivity contribution is 7.10. The molecule has 0 bridgehead atoms. The largest absolute Gasteiger partial charge is 0.360 e. The predicted octanol–water partition coefficient (Wildman–Crippen LogP) is 4.42. The third-order valence-electron chi connectivity index (χ3n) is 4.18. The molecule has 0 spiro atoms. The summed E-state index contributed by atoms with van der Waals surface area (Å²) in [5.74, 6) is 0.122. The van der Waals surface area contributed by atoms with Crippen molar-refractivity contribution in [3.63, 3.8) is 0 Å². The van der Waals surface area contributed by atoms with E-state index >= 15 is 0 Å². The molecule has 3 rings (SSSR count). The Balaban J connectivity index is 2.10. The van der Waals surface area contributed by atoms with Crippen molar-refractivity contribution in [3.05, 3.63) is 51.7 Å². The molecule has 2 atom stereocenters. The third kappa shape index (κ3) is 2.33. The molecular weight excluding hydrogens is 280 g/mol. The number of nitrogens with zero attached hydrogens (tertiary/aromatic N) is 1. The summed E-state index contributed by atoms with van der Waals surface area (Å²) in [6, 6.07) is 10.1. The molecule has 2 heterocycles. The minimum atomic E-state index is -0.0673. The number of hydrogen-bond acceptors (Lipinski definition) is 3. The van der Waals surface area contributed by atoms with Gasteiger partial charge in [0.15, 0.2) is 0 Å². The van der Waals surface area contributed by atoms with Crippen LogP contribution in [0, 0.1) is 6.92 Å². The molecule has 0 saturated carbocycles. The van der Waals surface area contributed by atoms with Crippen LogP contribution >= 0.6 is 11.3 Å². The van der Waals surface area contributed by atoms with Gasteiger partial charge in [-0.25, -0.2) is 0 Å². The van der Waals surface area contributed by atoms with Crippen LogP contribution in [0.3, 0.4) is 0 Å². The summed E-state index contributed by atoms with van der Waals surface area (Å²) in [6.45, 7) is 6.34. The van der Waals surface area contributed by atoms with Gasteiger partial charge in [0.25, 0.3) is 5.91 Å². The van der Waals surface area contributed by atoms with Crippen LogP contribution in [0.15, 0.2) is 35.7 Å². The number of carbonyl (C=O) groups excluding carboxylic acids is 1. The molecule has 1 amide bonds. The summed E-state index contributed by atoms with van der Waals surface area (Å²) < 4.78 is 0. The van der Waals surface area contributed by atoms with Gasteiger partial charge in [-0.2, -0.15) is 0 Å². The average molecular weight is 300 g/mol. The fraction of sp³-hybridized carbons (Fsp3) is 0.353. The number of carbonyl (C=O) groups is 1. The number of amides is 1. The van der Waals surface area contributed by atoms with Crippen molar-refractivity contribution in [3.8, 4) is 0 Å². The maximum Gasteiger partial charge on any atom is 0.258 e. The van der Waals surface area contributed by atoms with E-state index in [-0.39, 0.29) is 18.1 Å². The number of benzene rings is 1. The van der Waals surface area contributed by atoms with E-state index < -0.39 is 0 Å². The van der Waals surface area contributed by atoms with Crippen molar-refractivity contribution in [2.75, 3.05) is 5.32 Å². The first-order chi connectivity index (χ1) is 10.1. The van der Waals surface area contributed by atoms with Crippen LogP contribution in [0.2, 0.25) is 0 Å². The molecule has 1 aliphatic heterocycles. The highest BCUT2D eigenvalue weighted by Gasteiger charge is 2.36. The lowest BCUT2D eigenvalue weighted by Gasteiger charge is -2.41. The van der Waals surface area contributed by atoms with Crippen LogP contribution < -0.4 is 5.32 Å². The van der Waals surface area contributed by atoms with Crippen molar-refractivity contribution < 1.29 is 4.79 Å². The molecule has 0 unspecified atom stereocenters. The van der Waals surface area contributed by atoms with E-state index in [2.05, 4.69) is 37.5 Å². The van der Waals surface area contributed by atoms with Gasteiger partial charge in [0.05, 0.1) is 10.4 Å². The fourth-order valence-corrected chi connectivity index (χ4v) is 3.75. The summed E-state index contributed by atoms with van der Waals surface area (Å²) >= 11 is 1.71. The second kappa shape index (κ2) is 5.53. The number of thiophene rings is 1. The van der Waals surface area contributed by atoms with Gasteiger partial charge in [0.2, 0.25) is 0 Å². The van der Waals surface area contributed by atoms with Gasteiger partial charge in [-0.05, 0) is 49.4 Å². The zero-order valence-electron chi connectivity index (χ0n) is 12.6.